The fraction of sp³-hybridized carbons (Fsp3) is 0. The summed E-state index contributed by atoms with van der Waals surface area (Å²) in [4.78, 5) is 17.5. The second-order valence-corrected chi connectivity index (χ2v) is 15.7. The van der Waals surface area contributed by atoms with Gasteiger partial charge in [0.25, 0.3) is 0 Å². The molecule has 0 unspecified atom stereocenters. The lowest BCUT2D eigenvalue weighted by molar-refractivity contribution is 0.953. The van der Waals surface area contributed by atoms with Crippen molar-refractivity contribution >= 4 is 60.7 Å². The molecule has 12 aromatic rings. The molecule has 0 amide bonds. The average Bonchev–Trinajstić information content (AvgIpc) is 3.88. The number of rotatable bonds is 8. The van der Waals surface area contributed by atoms with Crippen LogP contribution in [0.4, 0.5) is 17.1 Å². The van der Waals surface area contributed by atoms with Crippen LogP contribution in [0.15, 0.2) is 231 Å². The maximum absolute atomic E-state index is 5.12. The lowest BCUT2D eigenvalue weighted by Gasteiger charge is -2.25. The Balaban J connectivity index is 0.968. The number of hydrogen-bond donors (Lipinski definition) is 0. The summed E-state index contributed by atoms with van der Waals surface area (Å²) >= 11 is 0. The summed E-state index contributed by atoms with van der Waals surface area (Å²) in [6.07, 6.45) is 0. The van der Waals surface area contributed by atoms with Crippen LogP contribution in [0.5, 0.6) is 0 Å². The van der Waals surface area contributed by atoms with Gasteiger partial charge in [0.2, 0.25) is 5.95 Å². The molecule has 0 aliphatic rings. The van der Waals surface area contributed by atoms with Crippen LogP contribution >= 0.6 is 0 Å². The molecule has 63 heavy (non-hydrogen) atoms. The molecular weight excluding hydrogens is 769 g/mol. The van der Waals surface area contributed by atoms with E-state index in [2.05, 4.69) is 184 Å². The van der Waals surface area contributed by atoms with Crippen LogP contribution in [-0.4, -0.2) is 24.1 Å². The van der Waals surface area contributed by atoms with Crippen LogP contribution in [0, 0.1) is 0 Å². The maximum atomic E-state index is 5.12. The van der Waals surface area contributed by atoms with Gasteiger partial charge in [-0.15, -0.1) is 0 Å². The molecule has 0 atom stereocenters. The van der Waals surface area contributed by atoms with Crippen LogP contribution in [0.3, 0.4) is 0 Å². The van der Waals surface area contributed by atoms with Gasteiger partial charge in [-0.2, -0.15) is 9.97 Å². The molecule has 0 radical (unpaired) electrons. The number of benzene rings is 9. The van der Waals surface area contributed by atoms with Crippen molar-refractivity contribution in [3.8, 4) is 45.5 Å². The molecule has 0 aliphatic carbocycles. The highest BCUT2D eigenvalue weighted by Gasteiger charge is 2.20. The van der Waals surface area contributed by atoms with Gasteiger partial charge in [-0.05, 0) is 96.1 Å². The van der Waals surface area contributed by atoms with Crippen molar-refractivity contribution in [2.45, 2.75) is 0 Å². The minimum absolute atomic E-state index is 0.580. The van der Waals surface area contributed by atoms with Gasteiger partial charge in [0.1, 0.15) is 0 Å². The second kappa shape index (κ2) is 15.1. The Hall–Kier alpha value is -8.61. The minimum atomic E-state index is 0.580. The number of para-hydroxylation sites is 4. The Kier molecular flexibility index (Phi) is 8.71. The smallest absolute Gasteiger partial charge is 0.238 e. The molecule has 6 heteroatoms. The molecule has 0 N–H and O–H groups in total. The third-order valence-corrected chi connectivity index (χ3v) is 12.0. The van der Waals surface area contributed by atoms with E-state index in [1.165, 1.54) is 16.3 Å². The normalized spacial score (nSPS) is 11.5. The molecule has 9 aromatic carbocycles. The van der Waals surface area contributed by atoms with Gasteiger partial charge in [0, 0.05) is 55.4 Å². The summed E-state index contributed by atoms with van der Waals surface area (Å²) in [5, 5.41) is 4.69. The first-order valence-electron chi connectivity index (χ1n) is 21.2. The van der Waals surface area contributed by atoms with Crippen molar-refractivity contribution in [2.75, 3.05) is 4.90 Å². The van der Waals surface area contributed by atoms with E-state index in [1.54, 1.807) is 0 Å². The molecule has 3 aromatic heterocycles. The Labute approximate surface area is 364 Å². The molecule has 12 rings (SSSR count). The SMILES string of the molecule is c1ccc(-c2nc(-c3ccccc3)nc(-n3c4ccccc4c4cc(-c5ccc6c(c5)c5ccccc5n6-c5ccc(N(c6ccccc6)c6ccccc6)cc5)ccc43)n2)cc1. The molecule has 0 spiro atoms. The fourth-order valence-corrected chi connectivity index (χ4v) is 9.05. The Morgan fingerprint density at radius 3 is 1.19 bits per heavy atom. The zero-order valence-electron chi connectivity index (χ0n) is 34.1. The highest BCUT2D eigenvalue weighted by Crippen LogP contribution is 2.40. The van der Waals surface area contributed by atoms with E-state index in [1.807, 2.05) is 60.7 Å². The van der Waals surface area contributed by atoms with Crippen molar-refractivity contribution in [2.24, 2.45) is 0 Å². The summed E-state index contributed by atoms with van der Waals surface area (Å²) in [5.74, 6) is 1.84. The van der Waals surface area contributed by atoms with Crippen LogP contribution < -0.4 is 4.90 Å². The molecular formula is C57H38N6. The third-order valence-electron chi connectivity index (χ3n) is 12.0. The first kappa shape index (κ1) is 36.3. The standard InChI is InChI=1S/C57H38N6/c1-5-17-39(18-6-1)55-58-56(40-19-7-2-8-20-40)60-57(59-55)63-52-28-16-14-26-48(52)50-38-42(30-36-54(50)63)41-29-35-53-49(37-41)47-25-13-15-27-51(47)62(53)46-33-31-45(32-34-46)61(43-21-9-3-10-22-43)44-23-11-4-12-24-44/h1-38H. The Morgan fingerprint density at radius 1 is 0.286 bits per heavy atom. The van der Waals surface area contributed by atoms with E-state index < -0.39 is 0 Å². The van der Waals surface area contributed by atoms with Crippen molar-refractivity contribution in [1.82, 2.24) is 24.1 Å². The van der Waals surface area contributed by atoms with E-state index in [0.29, 0.717) is 17.6 Å². The van der Waals surface area contributed by atoms with Gasteiger partial charge in [0.05, 0.1) is 22.1 Å². The van der Waals surface area contributed by atoms with E-state index in [9.17, 15) is 0 Å². The lowest BCUT2D eigenvalue weighted by Crippen LogP contribution is -2.09. The summed E-state index contributed by atoms with van der Waals surface area (Å²) in [7, 11) is 0. The summed E-state index contributed by atoms with van der Waals surface area (Å²) in [5.41, 5.74) is 13.0. The van der Waals surface area contributed by atoms with Gasteiger partial charge in [-0.25, -0.2) is 4.98 Å². The largest absolute Gasteiger partial charge is 0.311 e. The summed E-state index contributed by atoms with van der Waals surface area (Å²) < 4.78 is 4.56. The molecule has 0 aliphatic heterocycles. The van der Waals surface area contributed by atoms with E-state index >= 15 is 0 Å². The van der Waals surface area contributed by atoms with E-state index in [-0.39, 0.29) is 0 Å². The first-order chi connectivity index (χ1) is 31.2. The number of fused-ring (bicyclic) bond motifs is 6. The fourth-order valence-electron chi connectivity index (χ4n) is 9.05. The summed E-state index contributed by atoms with van der Waals surface area (Å²) in [6, 6.07) is 81.1. The van der Waals surface area contributed by atoms with Crippen LogP contribution in [0.2, 0.25) is 0 Å². The Bertz CT molecular complexity index is 3500. The van der Waals surface area contributed by atoms with Gasteiger partial charge in [-0.3, -0.25) is 4.57 Å². The van der Waals surface area contributed by atoms with Gasteiger partial charge in [-0.1, -0.05) is 146 Å². The molecule has 0 saturated heterocycles. The number of aromatic nitrogens is 5. The highest BCUT2D eigenvalue weighted by atomic mass is 15.2. The quantitative estimate of drug-likeness (QED) is 0.153. The van der Waals surface area contributed by atoms with Crippen molar-refractivity contribution < 1.29 is 0 Å². The minimum Gasteiger partial charge on any atom is -0.311 e. The van der Waals surface area contributed by atoms with Gasteiger partial charge < -0.3 is 9.47 Å². The van der Waals surface area contributed by atoms with Crippen LogP contribution in [0.1, 0.15) is 0 Å². The molecule has 6 nitrogen and oxygen atoms in total. The molecule has 0 fully saturated rings. The topological polar surface area (TPSA) is 51.8 Å². The van der Waals surface area contributed by atoms with Crippen LogP contribution in [0.25, 0.3) is 89.2 Å². The van der Waals surface area contributed by atoms with Crippen molar-refractivity contribution in [3.63, 3.8) is 0 Å². The third kappa shape index (κ3) is 6.32. The summed E-state index contributed by atoms with van der Waals surface area (Å²) in [6.45, 7) is 0. The predicted octanol–water partition coefficient (Wildman–Crippen LogP) is 14.5. The second-order valence-electron chi connectivity index (χ2n) is 15.7. The van der Waals surface area contributed by atoms with E-state index in [4.69, 9.17) is 15.0 Å². The monoisotopic (exact) mass is 806 g/mol. The van der Waals surface area contributed by atoms with Crippen LogP contribution in [-0.2, 0) is 0 Å². The molecule has 296 valence electrons. The first-order valence-corrected chi connectivity index (χ1v) is 21.2. The van der Waals surface area contributed by atoms with Crippen molar-refractivity contribution in [1.29, 1.82) is 0 Å². The van der Waals surface area contributed by atoms with Gasteiger partial charge in [0.15, 0.2) is 11.6 Å². The zero-order chi connectivity index (χ0) is 41.7. The Morgan fingerprint density at radius 2 is 0.683 bits per heavy atom. The van der Waals surface area contributed by atoms with Crippen molar-refractivity contribution in [3.05, 3.63) is 231 Å². The highest BCUT2D eigenvalue weighted by molar-refractivity contribution is 6.12. The zero-order valence-corrected chi connectivity index (χ0v) is 34.1. The number of anilines is 3. The van der Waals surface area contributed by atoms with E-state index in [0.717, 1.165) is 72.3 Å². The predicted molar refractivity (Wildman–Crippen MR) is 259 cm³/mol. The molecule has 3 heterocycles. The number of nitrogens with zero attached hydrogens (tertiary/aromatic N) is 6. The number of hydrogen-bond acceptors (Lipinski definition) is 4. The molecule has 0 bridgehead atoms. The average molecular weight is 807 g/mol. The molecule has 0 saturated carbocycles. The maximum Gasteiger partial charge on any atom is 0.238 e. The van der Waals surface area contributed by atoms with Gasteiger partial charge >= 0.3 is 0 Å². The lowest BCUT2D eigenvalue weighted by atomic mass is 10.0.